The van der Waals surface area contributed by atoms with Crippen LogP contribution in [0.4, 0.5) is 11.4 Å². The third kappa shape index (κ3) is 3.13. The molecule has 0 radical (unpaired) electrons. The minimum atomic E-state index is -0.709. The van der Waals surface area contributed by atoms with Crippen molar-refractivity contribution in [2.75, 3.05) is 50.1 Å². The number of carbonyl (C=O) groups excluding carboxylic acids is 1. The molecule has 1 atom stereocenters. The first-order chi connectivity index (χ1) is 10.0. The molecule has 5 heteroatoms. The van der Waals surface area contributed by atoms with Crippen LogP contribution in [0.25, 0.3) is 0 Å². The lowest BCUT2D eigenvalue weighted by Crippen LogP contribution is -2.58. The van der Waals surface area contributed by atoms with Crippen molar-refractivity contribution in [2.45, 2.75) is 19.4 Å². The first kappa shape index (κ1) is 15.6. The summed E-state index contributed by atoms with van der Waals surface area (Å²) in [5, 5.41) is 3.12. The second-order valence-corrected chi connectivity index (χ2v) is 5.63. The number of esters is 1. The summed E-state index contributed by atoms with van der Waals surface area (Å²) in [5.74, 6) is -0.205. The van der Waals surface area contributed by atoms with E-state index in [1.54, 1.807) is 7.05 Å². The largest absolute Gasteiger partial charge is 0.465 e. The summed E-state index contributed by atoms with van der Waals surface area (Å²) in [5.41, 5.74) is 1.65. The average Bonchev–Trinajstić information content (AvgIpc) is 2.50. The molecule has 21 heavy (non-hydrogen) atoms. The van der Waals surface area contributed by atoms with E-state index in [-0.39, 0.29) is 5.97 Å². The quantitative estimate of drug-likeness (QED) is 0.833. The fourth-order valence-electron chi connectivity index (χ4n) is 2.65. The summed E-state index contributed by atoms with van der Waals surface area (Å²) in [6.45, 7) is 6.55. The molecule has 2 rings (SSSR count). The molecule has 0 bridgehead atoms. The number of nitrogens with one attached hydrogen (secondary N) is 1. The molecule has 0 saturated carbocycles. The topological polar surface area (TPSA) is 44.8 Å². The number of hydrogen-bond donors (Lipinski definition) is 1. The molecule has 1 aromatic rings. The molecule has 0 fully saturated rings. The molecule has 1 aliphatic rings. The van der Waals surface area contributed by atoms with Crippen LogP contribution < -0.4 is 15.1 Å². The highest BCUT2D eigenvalue weighted by atomic mass is 16.5. The Labute approximate surface area is 126 Å². The zero-order valence-corrected chi connectivity index (χ0v) is 13.3. The Hall–Kier alpha value is -1.75. The van der Waals surface area contributed by atoms with E-state index in [0.29, 0.717) is 13.2 Å². The van der Waals surface area contributed by atoms with Crippen LogP contribution in [0, 0.1) is 0 Å². The van der Waals surface area contributed by atoms with E-state index in [1.807, 2.05) is 26.0 Å². The monoisotopic (exact) mass is 291 g/mol. The van der Waals surface area contributed by atoms with Gasteiger partial charge in [-0.05, 0) is 33.0 Å². The van der Waals surface area contributed by atoms with E-state index in [9.17, 15) is 4.79 Å². The lowest BCUT2D eigenvalue weighted by Gasteiger charge is -2.41. The first-order valence-electron chi connectivity index (χ1n) is 7.43. The number of fused-ring (bicyclic) bond motifs is 1. The maximum Gasteiger partial charge on any atom is 0.327 e. The van der Waals surface area contributed by atoms with Gasteiger partial charge in [0.2, 0.25) is 0 Å². The Balaban J connectivity index is 2.23. The van der Waals surface area contributed by atoms with Gasteiger partial charge in [0.15, 0.2) is 0 Å². The van der Waals surface area contributed by atoms with Crippen LogP contribution in [-0.4, -0.2) is 51.8 Å². The van der Waals surface area contributed by atoms with Crippen molar-refractivity contribution in [3.05, 3.63) is 24.3 Å². The zero-order valence-electron chi connectivity index (χ0n) is 13.3. The molecule has 1 aliphatic heterocycles. The van der Waals surface area contributed by atoms with Crippen molar-refractivity contribution in [1.82, 2.24) is 5.32 Å². The van der Waals surface area contributed by atoms with E-state index in [0.717, 1.165) is 18.8 Å². The summed E-state index contributed by atoms with van der Waals surface area (Å²) in [6.07, 6.45) is 0. The van der Waals surface area contributed by atoms with Gasteiger partial charge in [-0.3, -0.25) is 0 Å². The molecule has 5 nitrogen and oxygen atoms in total. The van der Waals surface area contributed by atoms with Gasteiger partial charge < -0.3 is 19.9 Å². The number of rotatable bonds is 5. The summed E-state index contributed by atoms with van der Waals surface area (Å²) in [6, 6.07) is 8.29. The molecular weight excluding hydrogens is 266 g/mol. The highest BCUT2D eigenvalue weighted by Gasteiger charge is 2.36. The van der Waals surface area contributed by atoms with Crippen LogP contribution in [0.5, 0.6) is 0 Å². The van der Waals surface area contributed by atoms with Crippen LogP contribution in [0.1, 0.15) is 13.8 Å². The SMILES string of the molecule is CCOC(=O)C(C)(CN1CCN(C)c2ccccc21)NC. The normalized spacial score (nSPS) is 17.1. The van der Waals surface area contributed by atoms with Gasteiger partial charge in [0.05, 0.1) is 18.0 Å². The summed E-state index contributed by atoms with van der Waals surface area (Å²) < 4.78 is 5.21. The predicted octanol–water partition coefficient (Wildman–Crippen LogP) is 1.48. The van der Waals surface area contributed by atoms with Crippen molar-refractivity contribution < 1.29 is 9.53 Å². The molecule has 0 saturated heterocycles. The number of ether oxygens (including phenoxy) is 1. The molecule has 1 aromatic carbocycles. The minimum Gasteiger partial charge on any atom is -0.465 e. The first-order valence-corrected chi connectivity index (χ1v) is 7.43. The number of benzene rings is 1. The van der Waals surface area contributed by atoms with E-state index in [2.05, 4.69) is 34.3 Å². The number of para-hydroxylation sites is 2. The molecule has 0 amide bonds. The van der Waals surface area contributed by atoms with E-state index in [1.165, 1.54) is 5.69 Å². The number of carbonyl (C=O) groups is 1. The summed E-state index contributed by atoms with van der Waals surface area (Å²) in [7, 11) is 3.90. The van der Waals surface area contributed by atoms with Gasteiger partial charge in [0, 0.05) is 26.7 Å². The predicted molar refractivity (Wildman–Crippen MR) is 86.0 cm³/mol. The van der Waals surface area contributed by atoms with E-state index in [4.69, 9.17) is 4.74 Å². The van der Waals surface area contributed by atoms with Gasteiger partial charge in [0.25, 0.3) is 0 Å². The van der Waals surface area contributed by atoms with E-state index >= 15 is 0 Å². The van der Waals surface area contributed by atoms with Gasteiger partial charge in [0.1, 0.15) is 5.54 Å². The zero-order chi connectivity index (χ0) is 15.5. The van der Waals surface area contributed by atoms with Crippen molar-refractivity contribution in [1.29, 1.82) is 0 Å². The van der Waals surface area contributed by atoms with Crippen LogP contribution in [0.2, 0.25) is 0 Å². The number of anilines is 2. The smallest absolute Gasteiger partial charge is 0.327 e. The molecule has 0 aromatic heterocycles. The molecule has 0 aliphatic carbocycles. The van der Waals surface area contributed by atoms with Crippen LogP contribution in [0.3, 0.4) is 0 Å². The molecule has 1 N–H and O–H groups in total. The Morgan fingerprint density at radius 2 is 2.00 bits per heavy atom. The van der Waals surface area contributed by atoms with Crippen LogP contribution in [0.15, 0.2) is 24.3 Å². The number of hydrogen-bond acceptors (Lipinski definition) is 5. The molecular formula is C16H25N3O2. The number of nitrogens with zero attached hydrogens (tertiary/aromatic N) is 2. The highest BCUT2D eigenvalue weighted by molar-refractivity contribution is 5.82. The Kier molecular flexibility index (Phi) is 4.73. The Morgan fingerprint density at radius 3 is 2.62 bits per heavy atom. The third-order valence-corrected chi connectivity index (χ3v) is 4.12. The second-order valence-electron chi connectivity index (χ2n) is 5.63. The molecule has 1 unspecified atom stereocenters. The average molecular weight is 291 g/mol. The van der Waals surface area contributed by atoms with Gasteiger partial charge >= 0.3 is 5.97 Å². The fraction of sp³-hybridized carbons (Fsp3) is 0.562. The van der Waals surface area contributed by atoms with Crippen molar-refractivity contribution in [2.24, 2.45) is 0 Å². The highest BCUT2D eigenvalue weighted by Crippen LogP contribution is 2.32. The Bertz CT molecular complexity index is 506. The van der Waals surface area contributed by atoms with Crippen molar-refractivity contribution in [3.8, 4) is 0 Å². The Morgan fingerprint density at radius 1 is 1.33 bits per heavy atom. The second kappa shape index (κ2) is 6.35. The van der Waals surface area contributed by atoms with Gasteiger partial charge in [-0.25, -0.2) is 4.79 Å². The maximum atomic E-state index is 12.2. The van der Waals surface area contributed by atoms with Crippen LogP contribution >= 0.6 is 0 Å². The standard InChI is InChI=1S/C16H25N3O2/c1-5-21-15(20)16(2,17-3)12-19-11-10-18(4)13-8-6-7-9-14(13)19/h6-9,17H,5,10-12H2,1-4H3. The fourth-order valence-corrected chi connectivity index (χ4v) is 2.65. The van der Waals surface area contributed by atoms with Crippen molar-refractivity contribution in [3.63, 3.8) is 0 Å². The lowest BCUT2D eigenvalue weighted by atomic mass is 10.0. The molecule has 0 spiro atoms. The van der Waals surface area contributed by atoms with Gasteiger partial charge in [-0.1, -0.05) is 12.1 Å². The maximum absolute atomic E-state index is 12.2. The number of likely N-dealkylation sites (N-methyl/N-ethyl adjacent to an activating group) is 2. The minimum absolute atomic E-state index is 0.205. The van der Waals surface area contributed by atoms with Gasteiger partial charge in [-0.15, -0.1) is 0 Å². The summed E-state index contributed by atoms with van der Waals surface area (Å²) in [4.78, 5) is 16.7. The third-order valence-electron chi connectivity index (χ3n) is 4.12. The van der Waals surface area contributed by atoms with Gasteiger partial charge in [-0.2, -0.15) is 0 Å². The van der Waals surface area contributed by atoms with Crippen molar-refractivity contribution >= 4 is 17.3 Å². The van der Waals surface area contributed by atoms with Crippen LogP contribution in [-0.2, 0) is 9.53 Å². The lowest BCUT2D eigenvalue weighted by molar-refractivity contribution is -0.149. The summed E-state index contributed by atoms with van der Waals surface area (Å²) >= 11 is 0. The molecule has 116 valence electrons. The molecule has 1 heterocycles. The van der Waals surface area contributed by atoms with E-state index < -0.39 is 5.54 Å².